The molecule has 0 bridgehead atoms. The number of amides is 2. The Hall–Kier alpha value is -1.92. The number of benzene rings is 1. The summed E-state index contributed by atoms with van der Waals surface area (Å²) in [5, 5.41) is 6.34. The molecule has 1 aliphatic rings. The number of fused-ring (bicyclic) bond motifs is 1. The van der Waals surface area contributed by atoms with Crippen molar-refractivity contribution in [3.05, 3.63) is 39.9 Å². The summed E-state index contributed by atoms with van der Waals surface area (Å²) in [5.41, 5.74) is 1.28. The highest BCUT2D eigenvalue weighted by atomic mass is 35.5. The number of carbonyl (C=O) groups excluding carboxylic acids is 2. The predicted molar refractivity (Wildman–Crippen MR) is 92.6 cm³/mol. The molecule has 0 aliphatic heterocycles. The van der Waals surface area contributed by atoms with Gasteiger partial charge < -0.3 is 5.32 Å². The Morgan fingerprint density at radius 1 is 1.30 bits per heavy atom. The Balaban J connectivity index is 1.72. The minimum absolute atomic E-state index is 0.0848. The zero-order valence-electron chi connectivity index (χ0n) is 12.8. The number of halogens is 1. The van der Waals surface area contributed by atoms with Crippen LogP contribution in [-0.4, -0.2) is 16.8 Å². The van der Waals surface area contributed by atoms with E-state index in [4.69, 9.17) is 11.6 Å². The second kappa shape index (κ2) is 5.94. The highest BCUT2D eigenvalue weighted by molar-refractivity contribution is 7.17. The van der Waals surface area contributed by atoms with Gasteiger partial charge in [-0.2, -0.15) is 0 Å². The number of aromatic nitrogens is 1. The highest BCUT2D eigenvalue weighted by Gasteiger charge is 2.34. The number of rotatable bonds is 2. The lowest BCUT2D eigenvalue weighted by atomic mass is 9.78. The van der Waals surface area contributed by atoms with Crippen LogP contribution < -0.4 is 10.6 Å². The average Bonchev–Trinajstić information content (AvgIpc) is 2.79. The monoisotopic (exact) mass is 349 g/mol. The van der Waals surface area contributed by atoms with E-state index in [9.17, 15) is 9.59 Å². The number of urea groups is 1. The van der Waals surface area contributed by atoms with Crippen LogP contribution in [0.1, 0.15) is 35.6 Å². The Bertz CT molecular complexity index is 785. The first-order valence-corrected chi connectivity index (χ1v) is 8.38. The Kier molecular flexibility index (Phi) is 4.12. The molecule has 2 N–H and O–H groups in total. The van der Waals surface area contributed by atoms with Crippen molar-refractivity contribution in [1.29, 1.82) is 0 Å². The molecule has 1 heterocycles. The molecule has 5 nitrogen and oxygen atoms in total. The van der Waals surface area contributed by atoms with Gasteiger partial charge in [-0.05, 0) is 30.0 Å². The summed E-state index contributed by atoms with van der Waals surface area (Å²) in [6.45, 7) is 4.10. The van der Waals surface area contributed by atoms with Crippen LogP contribution in [0.25, 0.3) is 0 Å². The van der Waals surface area contributed by atoms with Gasteiger partial charge in [-0.3, -0.25) is 10.1 Å². The summed E-state index contributed by atoms with van der Waals surface area (Å²) in [4.78, 5) is 29.2. The molecule has 1 aliphatic carbocycles. The molecule has 23 heavy (non-hydrogen) atoms. The quantitative estimate of drug-likeness (QED) is 0.832. The maximum atomic E-state index is 12.2. The van der Waals surface area contributed by atoms with Gasteiger partial charge in [0.05, 0.1) is 10.6 Å². The molecule has 0 saturated heterocycles. The van der Waals surface area contributed by atoms with Crippen LogP contribution in [0.4, 0.5) is 15.6 Å². The van der Waals surface area contributed by atoms with Crippen LogP contribution in [0.5, 0.6) is 0 Å². The van der Waals surface area contributed by atoms with Crippen molar-refractivity contribution in [2.45, 2.75) is 26.7 Å². The van der Waals surface area contributed by atoms with Crippen LogP contribution in [0.15, 0.2) is 24.3 Å². The number of Topliss-reactive ketones (excluding diaryl/α,β-unsaturated/α-hetero) is 1. The second-order valence-corrected chi connectivity index (χ2v) is 7.76. The molecule has 1 aromatic carbocycles. The fourth-order valence-corrected chi connectivity index (χ4v) is 3.70. The Labute approximate surface area is 143 Å². The molecule has 0 spiro atoms. The highest BCUT2D eigenvalue weighted by Crippen LogP contribution is 2.38. The number of thiazole rings is 1. The lowest BCUT2D eigenvalue weighted by molar-refractivity contribution is 0.0916. The molecule has 0 atom stereocenters. The molecule has 0 unspecified atom stereocenters. The largest absolute Gasteiger partial charge is 0.325 e. The van der Waals surface area contributed by atoms with Crippen molar-refractivity contribution < 1.29 is 9.59 Å². The van der Waals surface area contributed by atoms with E-state index in [-0.39, 0.29) is 11.2 Å². The molecule has 7 heteroatoms. The van der Waals surface area contributed by atoms with E-state index in [1.54, 1.807) is 24.3 Å². The van der Waals surface area contributed by atoms with E-state index < -0.39 is 6.03 Å². The number of ketones is 1. The van der Waals surface area contributed by atoms with Crippen LogP contribution in [0.3, 0.4) is 0 Å². The maximum Gasteiger partial charge on any atom is 0.325 e. The number of hydrogen-bond donors (Lipinski definition) is 2. The van der Waals surface area contributed by atoms with Crippen LogP contribution >= 0.6 is 22.9 Å². The summed E-state index contributed by atoms with van der Waals surface area (Å²) in [5.74, 6) is 0.0945. The zero-order chi connectivity index (χ0) is 16.6. The third-order valence-corrected chi connectivity index (χ3v) is 4.83. The van der Waals surface area contributed by atoms with E-state index in [1.165, 1.54) is 11.3 Å². The van der Waals surface area contributed by atoms with Gasteiger partial charge in [-0.15, -0.1) is 0 Å². The van der Waals surface area contributed by atoms with E-state index in [0.717, 1.165) is 12.1 Å². The van der Waals surface area contributed by atoms with Crippen molar-refractivity contribution in [3.63, 3.8) is 0 Å². The lowest BCUT2D eigenvalue weighted by Gasteiger charge is -2.26. The maximum absolute atomic E-state index is 12.2. The number of carbonyl (C=O) groups is 2. The molecular weight excluding hydrogens is 334 g/mol. The van der Waals surface area contributed by atoms with Gasteiger partial charge in [0.15, 0.2) is 10.9 Å². The molecule has 2 aromatic rings. The van der Waals surface area contributed by atoms with E-state index in [1.807, 2.05) is 13.8 Å². The lowest BCUT2D eigenvalue weighted by Crippen LogP contribution is -2.26. The average molecular weight is 350 g/mol. The third-order valence-electron chi connectivity index (χ3n) is 3.54. The molecule has 0 radical (unpaired) electrons. The summed E-state index contributed by atoms with van der Waals surface area (Å²) in [7, 11) is 0. The molecule has 3 rings (SSSR count). The van der Waals surface area contributed by atoms with Crippen LogP contribution in [0.2, 0.25) is 5.02 Å². The van der Waals surface area contributed by atoms with Crippen molar-refractivity contribution in [1.82, 2.24) is 4.98 Å². The summed E-state index contributed by atoms with van der Waals surface area (Å²) in [6.07, 6.45) is 1.25. The van der Waals surface area contributed by atoms with E-state index in [0.29, 0.717) is 27.1 Å². The molecule has 2 amide bonds. The smallest absolute Gasteiger partial charge is 0.308 e. The third kappa shape index (κ3) is 3.71. The van der Waals surface area contributed by atoms with E-state index in [2.05, 4.69) is 15.6 Å². The topological polar surface area (TPSA) is 71.1 Å². The number of hydrogen-bond acceptors (Lipinski definition) is 4. The summed E-state index contributed by atoms with van der Waals surface area (Å²) >= 11 is 7.11. The van der Waals surface area contributed by atoms with Crippen molar-refractivity contribution in [2.24, 2.45) is 5.41 Å². The number of nitrogens with zero attached hydrogens (tertiary/aromatic N) is 1. The van der Waals surface area contributed by atoms with Gasteiger partial charge in [0, 0.05) is 17.1 Å². The van der Waals surface area contributed by atoms with E-state index >= 15 is 0 Å². The number of nitrogens with one attached hydrogen (secondary N) is 2. The SMILES string of the molecule is CC1(C)CC(=O)c2sc(NC(=O)Nc3cccc(Cl)c3)nc2C1. The second-order valence-electron chi connectivity index (χ2n) is 6.33. The molecule has 0 saturated carbocycles. The minimum atomic E-state index is -0.412. The van der Waals surface area contributed by atoms with Crippen molar-refractivity contribution in [2.75, 3.05) is 10.6 Å². The molecule has 120 valence electrons. The van der Waals surface area contributed by atoms with Gasteiger partial charge in [-0.25, -0.2) is 9.78 Å². The van der Waals surface area contributed by atoms with Gasteiger partial charge >= 0.3 is 6.03 Å². The summed E-state index contributed by atoms with van der Waals surface area (Å²) < 4.78 is 0. The van der Waals surface area contributed by atoms with Crippen LogP contribution in [0, 0.1) is 5.41 Å². The van der Waals surface area contributed by atoms with Gasteiger partial charge in [-0.1, -0.05) is 42.9 Å². The van der Waals surface area contributed by atoms with Gasteiger partial charge in [0.1, 0.15) is 0 Å². The van der Waals surface area contributed by atoms with Crippen molar-refractivity contribution in [3.8, 4) is 0 Å². The standard InChI is InChI=1S/C16H16ClN3O2S/c1-16(2)7-11-13(12(21)8-16)23-15(19-11)20-14(22)18-10-5-3-4-9(17)6-10/h3-6H,7-8H2,1-2H3,(H2,18,19,20,22). The zero-order valence-corrected chi connectivity index (χ0v) is 14.3. The molecule has 1 aromatic heterocycles. The Morgan fingerprint density at radius 3 is 2.83 bits per heavy atom. The first-order valence-electron chi connectivity index (χ1n) is 7.19. The van der Waals surface area contributed by atoms with Gasteiger partial charge in [0.2, 0.25) is 0 Å². The minimum Gasteiger partial charge on any atom is -0.308 e. The fourth-order valence-electron chi connectivity index (χ4n) is 2.60. The first kappa shape index (κ1) is 16.0. The van der Waals surface area contributed by atoms with Gasteiger partial charge in [0.25, 0.3) is 0 Å². The molecule has 0 fully saturated rings. The summed E-state index contributed by atoms with van der Waals surface area (Å²) in [6, 6.07) is 6.46. The Morgan fingerprint density at radius 2 is 2.09 bits per heavy atom. The fraction of sp³-hybridized carbons (Fsp3) is 0.312. The molecular formula is C16H16ClN3O2S. The van der Waals surface area contributed by atoms with Crippen LogP contribution in [-0.2, 0) is 6.42 Å². The number of anilines is 2. The van der Waals surface area contributed by atoms with Crippen molar-refractivity contribution >= 4 is 45.6 Å². The predicted octanol–water partition coefficient (Wildman–Crippen LogP) is 4.60. The normalized spacial score (nSPS) is 15.9. The first-order chi connectivity index (χ1) is 10.8.